The summed E-state index contributed by atoms with van der Waals surface area (Å²) < 4.78 is 0.885. The molecule has 0 amide bonds. The second-order valence-corrected chi connectivity index (χ2v) is 7.50. The summed E-state index contributed by atoms with van der Waals surface area (Å²) in [5.41, 5.74) is 2.49. The maximum atomic E-state index is 11.0. The molecule has 0 heterocycles. The lowest BCUT2D eigenvalue weighted by molar-refractivity contribution is -0.384. The third-order valence-electron chi connectivity index (χ3n) is 4.62. The Kier molecular flexibility index (Phi) is 7.56. The van der Waals surface area contributed by atoms with Crippen LogP contribution >= 0.6 is 15.9 Å². The van der Waals surface area contributed by atoms with Crippen LogP contribution < -0.4 is 0 Å². The van der Waals surface area contributed by atoms with Gasteiger partial charge in [-0.15, -0.1) is 0 Å². The van der Waals surface area contributed by atoms with E-state index in [-0.39, 0.29) is 11.6 Å². The van der Waals surface area contributed by atoms with Gasteiger partial charge in [0.1, 0.15) is 0 Å². The highest BCUT2D eigenvalue weighted by molar-refractivity contribution is 9.10. The Morgan fingerprint density at radius 1 is 1.00 bits per heavy atom. The van der Waals surface area contributed by atoms with Crippen LogP contribution in [0.1, 0.15) is 35.1 Å². The van der Waals surface area contributed by atoms with Crippen LogP contribution in [0, 0.1) is 22.0 Å². The van der Waals surface area contributed by atoms with Crippen molar-refractivity contribution >= 4 is 21.6 Å². The van der Waals surface area contributed by atoms with E-state index >= 15 is 0 Å². The minimum Gasteiger partial charge on any atom is -0.387 e. The quantitative estimate of drug-likeness (QED) is 0.206. The molecule has 0 saturated heterocycles. The molecule has 0 fully saturated rings. The molecule has 3 aromatic rings. The SMILES string of the molecule is O=[N+]([O-])c1ccc([C@H](O)[C@@H](/C=C\CC#Cc2ccccc2)c2ccccc2Br)cc1. The fourth-order valence-electron chi connectivity index (χ4n) is 3.07. The fraction of sp³-hybridized carbons (Fsp3) is 0.120. The van der Waals surface area contributed by atoms with Crippen molar-refractivity contribution in [1.82, 2.24) is 0 Å². The van der Waals surface area contributed by atoms with Crippen LogP contribution in [0.25, 0.3) is 0 Å². The largest absolute Gasteiger partial charge is 0.387 e. The number of hydrogen-bond donors (Lipinski definition) is 1. The number of aliphatic hydroxyl groups is 1. The number of benzene rings is 3. The number of hydrogen-bond acceptors (Lipinski definition) is 3. The molecule has 5 heteroatoms. The van der Waals surface area contributed by atoms with E-state index in [1.165, 1.54) is 12.1 Å². The highest BCUT2D eigenvalue weighted by atomic mass is 79.9. The van der Waals surface area contributed by atoms with Crippen molar-refractivity contribution in [2.24, 2.45) is 0 Å². The Labute approximate surface area is 184 Å². The van der Waals surface area contributed by atoms with Crippen molar-refractivity contribution in [2.75, 3.05) is 0 Å². The lowest BCUT2D eigenvalue weighted by Crippen LogP contribution is -2.10. The number of aliphatic hydroxyl groups excluding tert-OH is 1. The molecule has 0 bridgehead atoms. The van der Waals surface area contributed by atoms with Crippen LogP contribution in [0.4, 0.5) is 5.69 Å². The number of nitro groups is 1. The van der Waals surface area contributed by atoms with E-state index in [1.54, 1.807) is 12.1 Å². The number of non-ortho nitro benzene ring substituents is 1. The normalized spacial score (nSPS) is 12.7. The van der Waals surface area contributed by atoms with Crippen LogP contribution in [0.5, 0.6) is 0 Å². The van der Waals surface area contributed by atoms with Crippen LogP contribution in [-0.2, 0) is 0 Å². The third kappa shape index (κ3) is 5.66. The summed E-state index contributed by atoms with van der Waals surface area (Å²) in [7, 11) is 0. The zero-order chi connectivity index (χ0) is 21.3. The van der Waals surface area contributed by atoms with Crippen molar-refractivity contribution in [3.05, 3.63) is 122 Å². The first-order chi connectivity index (χ1) is 14.6. The Hall–Kier alpha value is -3.20. The van der Waals surface area contributed by atoms with Gasteiger partial charge in [0.15, 0.2) is 0 Å². The van der Waals surface area contributed by atoms with Gasteiger partial charge in [0.05, 0.1) is 11.0 Å². The van der Waals surface area contributed by atoms with E-state index in [4.69, 9.17) is 0 Å². The number of allylic oxidation sites excluding steroid dienone is 1. The molecule has 0 aromatic heterocycles. The average Bonchev–Trinajstić information content (AvgIpc) is 2.77. The lowest BCUT2D eigenvalue weighted by atomic mass is 9.88. The van der Waals surface area contributed by atoms with Crippen molar-refractivity contribution < 1.29 is 10.0 Å². The smallest absolute Gasteiger partial charge is 0.269 e. The van der Waals surface area contributed by atoms with Gasteiger partial charge in [-0.05, 0) is 41.5 Å². The fourth-order valence-corrected chi connectivity index (χ4v) is 3.62. The van der Waals surface area contributed by atoms with Gasteiger partial charge in [-0.3, -0.25) is 10.1 Å². The molecule has 0 unspecified atom stereocenters. The van der Waals surface area contributed by atoms with E-state index < -0.39 is 11.0 Å². The minimum atomic E-state index is -0.858. The molecule has 2 atom stereocenters. The number of rotatable bonds is 6. The standard InChI is InChI=1S/C25H20BrNO3/c26-24-14-8-7-12-22(24)23(13-6-2-5-11-19-9-3-1-4-10-19)25(28)20-15-17-21(18-16-20)27(29)30/h1,3-4,6-10,12-18,23,25,28H,2H2/b13-6-/t23-,25-/m0/s1. The van der Waals surface area contributed by atoms with Crippen LogP contribution in [0.3, 0.4) is 0 Å². The summed E-state index contributed by atoms with van der Waals surface area (Å²) in [4.78, 5) is 10.4. The molecule has 0 aliphatic heterocycles. The van der Waals surface area contributed by atoms with Gasteiger partial charge < -0.3 is 5.11 Å². The molecule has 0 saturated carbocycles. The van der Waals surface area contributed by atoms with Crippen LogP contribution in [0.15, 0.2) is 95.5 Å². The van der Waals surface area contributed by atoms with Crippen molar-refractivity contribution in [1.29, 1.82) is 0 Å². The summed E-state index contributed by atoms with van der Waals surface area (Å²) in [5, 5.41) is 21.9. The van der Waals surface area contributed by atoms with Gasteiger partial charge in [-0.25, -0.2) is 0 Å². The average molecular weight is 462 g/mol. The third-order valence-corrected chi connectivity index (χ3v) is 5.34. The Morgan fingerprint density at radius 3 is 2.33 bits per heavy atom. The molecular formula is C25H20BrNO3. The van der Waals surface area contributed by atoms with Gasteiger partial charge in [0.25, 0.3) is 5.69 Å². The summed E-state index contributed by atoms with van der Waals surface area (Å²) in [6, 6.07) is 23.5. The number of nitrogens with zero attached hydrogens (tertiary/aromatic N) is 1. The molecule has 3 rings (SSSR count). The summed E-state index contributed by atoms with van der Waals surface area (Å²) >= 11 is 3.56. The van der Waals surface area contributed by atoms with Gasteiger partial charge in [0, 0.05) is 34.5 Å². The molecule has 0 aliphatic carbocycles. The second kappa shape index (κ2) is 10.5. The van der Waals surface area contributed by atoms with E-state index in [2.05, 4.69) is 27.8 Å². The molecule has 3 aromatic carbocycles. The maximum Gasteiger partial charge on any atom is 0.269 e. The van der Waals surface area contributed by atoms with Gasteiger partial charge in [-0.1, -0.05) is 76.3 Å². The van der Waals surface area contributed by atoms with Crippen molar-refractivity contribution in [3.63, 3.8) is 0 Å². The van der Waals surface area contributed by atoms with E-state index in [0.717, 1.165) is 15.6 Å². The van der Waals surface area contributed by atoms with Crippen molar-refractivity contribution in [3.8, 4) is 11.8 Å². The summed E-state index contributed by atoms with van der Waals surface area (Å²) in [5.74, 6) is 5.89. The molecule has 0 spiro atoms. The van der Waals surface area contributed by atoms with E-state index in [0.29, 0.717) is 12.0 Å². The van der Waals surface area contributed by atoms with Crippen LogP contribution in [-0.4, -0.2) is 10.0 Å². The van der Waals surface area contributed by atoms with Gasteiger partial charge >= 0.3 is 0 Å². The first-order valence-corrected chi connectivity index (χ1v) is 10.2. The molecule has 4 nitrogen and oxygen atoms in total. The van der Waals surface area contributed by atoms with Gasteiger partial charge in [-0.2, -0.15) is 0 Å². The topological polar surface area (TPSA) is 63.4 Å². The molecule has 150 valence electrons. The Morgan fingerprint density at radius 2 is 1.67 bits per heavy atom. The first-order valence-electron chi connectivity index (χ1n) is 9.43. The zero-order valence-electron chi connectivity index (χ0n) is 16.1. The predicted molar refractivity (Wildman–Crippen MR) is 122 cm³/mol. The monoisotopic (exact) mass is 461 g/mol. The highest BCUT2D eigenvalue weighted by Crippen LogP contribution is 2.36. The molecule has 0 radical (unpaired) electrons. The first kappa shape index (κ1) is 21.5. The van der Waals surface area contributed by atoms with Gasteiger partial charge in [0.2, 0.25) is 0 Å². The van der Waals surface area contributed by atoms with E-state index in [1.807, 2.05) is 66.7 Å². The minimum absolute atomic E-state index is 0.00452. The number of halogens is 1. The molecule has 1 N–H and O–H groups in total. The summed E-state index contributed by atoms with van der Waals surface area (Å²) in [6.07, 6.45) is 3.56. The van der Waals surface area contributed by atoms with E-state index in [9.17, 15) is 15.2 Å². The highest BCUT2D eigenvalue weighted by Gasteiger charge is 2.22. The molecular weight excluding hydrogens is 442 g/mol. The molecule has 0 aliphatic rings. The molecule has 30 heavy (non-hydrogen) atoms. The number of nitro benzene ring substituents is 1. The summed E-state index contributed by atoms with van der Waals surface area (Å²) in [6.45, 7) is 0. The Bertz CT molecular complexity index is 1080. The van der Waals surface area contributed by atoms with Crippen molar-refractivity contribution in [2.45, 2.75) is 18.4 Å². The second-order valence-electron chi connectivity index (χ2n) is 6.64. The maximum absolute atomic E-state index is 11.0. The van der Waals surface area contributed by atoms with Crippen LogP contribution in [0.2, 0.25) is 0 Å². The predicted octanol–water partition coefficient (Wildman–Crippen LogP) is 6.17. The zero-order valence-corrected chi connectivity index (χ0v) is 17.7. The lowest BCUT2D eigenvalue weighted by Gasteiger charge is -2.22. The Balaban J connectivity index is 1.82.